The number of benzene rings is 1. The number of hydrogen-bond donors (Lipinski definition) is 2. The molecule has 1 aliphatic rings. The molecule has 0 radical (unpaired) electrons. The van der Waals surface area contributed by atoms with E-state index in [1.165, 1.54) is 7.11 Å². The first kappa shape index (κ1) is 17.5. The minimum absolute atomic E-state index is 0.188. The highest BCUT2D eigenvalue weighted by Gasteiger charge is 2.51. The van der Waals surface area contributed by atoms with E-state index in [-0.39, 0.29) is 22.8 Å². The Morgan fingerprint density at radius 3 is 2.68 bits per heavy atom. The number of aromatic nitrogens is 1. The smallest absolute Gasteiger partial charge is 0.315 e. The number of carbonyl (C=O) groups excluding carboxylic acids is 1. The first-order valence-electron chi connectivity index (χ1n) is 8.49. The molecule has 3 rings (SSSR count). The van der Waals surface area contributed by atoms with E-state index in [4.69, 9.17) is 4.74 Å². The van der Waals surface area contributed by atoms with Crippen LogP contribution in [0.5, 0.6) is 0 Å². The van der Waals surface area contributed by atoms with Gasteiger partial charge in [-0.05, 0) is 12.0 Å². The molecular weight excluding hydrogens is 318 g/mol. The Morgan fingerprint density at radius 2 is 2.04 bits per heavy atom. The molecule has 0 fully saturated rings. The molecule has 2 N–H and O–H groups in total. The van der Waals surface area contributed by atoms with Crippen molar-refractivity contribution < 1.29 is 14.6 Å². The number of hydroxylamine groups is 2. The summed E-state index contributed by atoms with van der Waals surface area (Å²) in [7, 11) is 3.20. The van der Waals surface area contributed by atoms with Crippen LogP contribution in [0.1, 0.15) is 32.8 Å². The molecule has 0 aliphatic carbocycles. The van der Waals surface area contributed by atoms with Gasteiger partial charge in [-0.1, -0.05) is 32.0 Å². The van der Waals surface area contributed by atoms with Crippen LogP contribution in [-0.4, -0.2) is 35.5 Å². The van der Waals surface area contributed by atoms with Crippen molar-refractivity contribution in [1.29, 1.82) is 0 Å². The molecule has 2 aromatic rings. The molecule has 134 valence electrons. The van der Waals surface area contributed by atoms with Crippen LogP contribution in [-0.2, 0) is 9.53 Å². The summed E-state index contributed by atoms with van der Waals surface area (Å²) in [6.07, 6.45) is 2.31. The number of likely N-dealkylation sites (N-methyl/N-ethyl adjacent to an activating group) is 1. The molecule has 0 saturated heterocycles. The lowest BCUT2D eigenvalue weighted by Crippen LogP contribution is -3.17. The molecule has 1 aromatic heterocycles. The second-order valence-corrected chi connectivity index (χ2v) is 7.25. The molecule has 0 spiro atoms. The van der Waals surface area contributed by atoms with Gasteiger partial charge in [-0.25, -0.2) is 0 Å². The number of nitrogens with zero attached hydrogens (tertiary/aromatic N) is 1. The van der Waals surface area contributed by atoms with Crippen molar-refractivity contribution in [3.63, 3.8) is 0 Å². The molecule has 0 bridgehead atoms. The maximum Gasteiger partial charge on any atom is 0.315 e. The van der Waals surface area contributed by atoms with Crippen LogP contribution in [0.3, 0.4) is 0 Å². The quantitative estimate of drug-likeness (QED) is 0.835. The third-order valence-electron chi connectivity index (χ3n) is 4.90. The third-order valence-corrected chi connectivity index (χ3v) is 4.90. The van der Waals surface area contributed by atoms with Crippen LogP contribution in [0.25, 0.3) is 16.6 Å². The summed E-state index contributed by atoms with van der Waals surface area (Å²) >= 11 is 0. The molecule has 1 amide bonds. The standard InChI is InChI=1S/C19H25N3O3/c1-12(2)10-19(3)18(23)21(4)16(17(25-5)22(19)24)14-11-20-15-9-7-6-8-13(14)15/h6-9,11-12,20,22H,10H2,1-5H3. The van der Waals surface area contributed by atoms with E-state index >= 15 is 0 Å². The molecule has 2 unspecified atom stereocenters. The summed E-state index contributed by atoms with van der Waals surface area (Å²) in [6.45, 7) is 5.74. The van der Waals surface area contributed by atoms with Crippen molar-refractivity contribution >= 4 is 22.5 Å². The molecule has 2 atom stereocenters. The van der Waals surface area contributed by atoms with Gasteiger partial charge in [0, 0.05) is 43.1 Å². The Morgan fingerprint density at radius 1 is 1.36 bits per heavy atom. The minimum atomic E-state index is -1.09. The number of amides is 1. The highest BCUT2D eigenvalue weighted by Crippen LogP contribution is 2.33. The maximum atomic E-state index is 13.2. The summed E-state index contributed by atoms with van der Waals surface area (Å²) in [5.41, 5.74) is 1.17. The SMILES string of the molecule is COC1=C(c2c[nH]c3ccccc23)N(C)C(=O)C(C)(CC(C)C)[NH+]1[O-]. The number of ether oxygens (including phenoxy) is 1. The lowest BCUT2D eigenvalue weighted by molar-refractivity contribution is -0.871. The maximum absolute atomic E-state index is 13.2. The van der Waals surface area contributed by atoms with Crippen molar-refractivity contribution in [3.8, 4) is 0 Å². The van der Waals surface area contributed by atoms with E-state index in [0.717, 1.165) is 16.5 Å². The number of rotatable bonds is 4. The van der Waals surface area contributed by atoms with Gasteiger partial charge in [0.15, 0.2) is 11.2 Å². The van der Waals surface area contributed by atoms with Gasteiger partial charge in [0.2, 0.25) is 0 Å². The molecule has 0 saturated carbocycles. The fourth-order valence-corrected chi connectivity index (χ4v) is 3.84. The zero-order valence-electron chi connectivity index (χ0n) is 15.3. The van der Waals surface area contributed by atoms with E-state index in [1.54, 1.807) is 18.9 Å². The van der Waals surface area contributed by atoms with Crippen molar-refractivity contribution in [1.82, 2.24) is 9.88 Å². The normalized spacial score (nSPS) is 24.5. The summed E-state index contributed by atoms with van der Waals surface area (Å²) in [5, 5.41) is 13.9. The number of nitrogens with one attached hydrogen (secondary N) is 2. The summed E-state index contributed by atoms with van der Waals surface area (Å²) in [4.78, 5) is 17.9. The molecule has 2 heterocycles. The Hall–Kier alpha value is -2.31. The molecule has 25 heavy (non-hydrogen) atoms. The third kappa shape index (κ3) is 2.62. The van der Waals surface area contributed by atoms with Crippen LogP contribution in [0, 0.1) is 11.1 Å². The number of para-hydroxylation sites is 1. The summed E-state index contributed by atoms with van der Waals surface area (Å²) in [5.74, 6) is 0.279. The number of hydrogen-bond acceptors (Lipinski definition) is 3. The van der Waals surface area contributed by atoms with Crippen LogP contribution >= 0.6 is 0 Å². The van der Waals surface area contributed by atoms with Crippen molar-refractivity contribution in [2.75, 3.05) is 14.2 Å². The Bertz CT molecular complexity index is 839. The van der Waals surface area contributed by atoms with Gasteiger partial charge in [0.1, 0.15) is 0 Å². The van der Waals surface area contributed by atoms with E-state index in [1.807, 2.05) is 44.3 Å². The zero-order valence-corrected chi connectivity index (χ0v) is 15.3. The summed E-state index contributed by atoms with van der Waals surface area (Å²) in [6, 6.07) is 7.80. The largest absolute Gasteiger partial charge is 0.626 e. The van der Waals surface area contributed by atoms with E-state index in [9.17, 15) is 10.0 Å². The van der Waals surface area contributed by atoms with Gasteiger partial charge in [-0.15, -0.1) is 0 Å². The fraction of sp³-hybridized carbons (Fsp3) is 0.421. The average Bonchev–Trinajstić information content (AvgIpc) is 2.99. The second-order valence-electron chi connectivity index (χ2n) is 7.25. The van der Waals surface area contributed by atoms with Crippen molar-refractivity contribution in [2.24, 2.45) is 5.92 Å². The topological polar surface area (TPSA) is 72.8 Å². The summed E-state index contributed by atoms with van der Waals surface area (Å²) < 4.78 is 5.51. The number of fused-ring (bicyclic) bond motifs is 1. The monoisotopic (exact) mass is 343 g/mol. The van der Waals surface area contributed by atoms with Gasteiger partial charge in [0.25, 0.3) is 5.91 Å². The lowest BCUT2D eigenvalue weighted by Gasteiger charge is -2.46. The van der Waals surface area contributed by atoms with Crippen LogP contribution < -0.4 is 5.06 Å². The molecule has 1 aromatic carbocycles. The number of quaternary nitrogens is 1. The van der Waals surface area contributed by atoms with E-state index in [2.05, 4.69) is 4.98 Å². The molecule has 6 heteroatoms. The first-order valence-corrected chi connectivity index (χ1v) is 8.49. The second kappa shape index (κ2) is 6.20. The molecular formula is C19H25N3O3. The predicted octanol–water partition coefficient (Wildman–Crippen LogP) is 2.10. The van der Waals surface area contributed by atoms with Gasteiger partial charge in [-0.3, -0.25) is 9.86 Å². The fourth-order valence-electron chi connectivity index (χ4n) is 3.84. The van der Waals surface area contributed by atoms with Crippen LogP contribution in [0.15, 0.2) is 36.3 Å². The average molecular weight is 343 g/mol. The first-order chi connectivity index (χ1) is 11.8. The van der Waals surface area contributed by atoms with Gasteiger partial charge < -0.3 is 19.8 Å². The Kier molecular flexibility index (Phi) is 4.34. The van der Waals surface area contributed by atoms with Crippen LogP contribution in [0.4, 0.5) is 0 Å². The lowest BCUT2D eigenvalue weighted by atomic mass is 9.87. The minimum Gasteiger partial charge on any atom is -0.626 e. The zero-order chi connectivity index (χ0) is 18.4. The van der Waals surface area contributed by atoms with Crippen molar-refractivity contribution in [3.05, 3.63) is 47.1 Å². The van der Waals surface area contributed by atoms with Gasteiger partial charge in [-0.2, -0.15) is 0 Å². The number of aromatic amines is 1. The molecule has 1 aliphatic heterocycles. The predicted molar refractivity (Wildman–Crippen MR) is 97.2 cm³/mol. The Labute approximate surface area is 147 Å². The molecule has 6 nitrogen and oxygen atoms in total. The highest BCUT2D eigenvalue weighted by atomic mass is 16.6. The van der Waals surface area contributed by atoms with Gasteiger partial charge >= 0.3 is 5.88 Å². The van der Waals surface area contributed by atoms with Gasteiger partial charge in [0.05, 0.1) is 7.11 Å². The van der Waals surface area contributed by atoms with E-state index in [0.29, 0.717) is 12.1 Å². The number of H-pyrrole nitrogens is 1. The number of carbonyl (C=O) groups is 1. The van der Waals surface area contributed by atoms with Crippen molar-refractivity contribution in [2.45, 2.75) is 32.7 Å². The highest BCUT2D eigenvalue weighted by molar-refractivity contribution is 5.99. The Balaban J connectivity index is 2.21. The van der Waals surface area contributed by atoms with Crippen LogP contribution in [0.2, 0.25) is 0 Å². The number of methoxy groups -OCH3 is 1. The van der Waals surface area contributed by atoms with E-state index < -0.39 is 5.54 Å².